The van der Waals surface area contributed by atoms with Crippen LogP contribution in [0.25, 0.3) is 0 Å². The molecular weight excluding hydrogens is 266 g/mol. The molecule has 5 N–H and O–H groups in total. The number of aliphatic carboxylic acids is 1. The summed E-state index contributed by atoms with van der Waals surface area (Å²) in [5, 5.41) is 21.7. The molecule has 0 aromatic carbocycles. The third-order valence-corrected chi connectivity index (χ3v) is 2.52. The van der Waals surface area contributed by atoms with E-state index in [1.165, 1.54) is 0 Å². The van der Waals surface area contributed by atoms with E-state index in [9.17, 15) is 18.0 Å². The van der Waals surface area contributed by atoms with E-state index < -0.39 is 28.1 Å². The van der Waals surface area contributed by atoms with Gasteiger partial charge in [0.05, 0.1) is 6.26 Å². The second-order valence-electron chi connectivity index (χ2n) is 3.47. The Kier molecular flexibility index (Phi) is 7.24. The van der Waals surface area contributed by atoms with E-state index in [0.29, 0.717) is 0 Å². The van der Waals surface area contributed by atoms with Gasteiger partial charge in [-0.25, -0.2) is 22.7 Å². The smallest absolute Gasteiger partial charge is 0.326 e. The van der Waals surface area contributed by atoms with E-state index >= 15 is 0 Å². The fourth-order valence-electron chi connectivity index (χ4n) is 1.01. The summed E-state index contributed by atoms with van der Waals surface area (Å²) < 4.78 is 23.5. The van der Waals surface area contributed by atoms with E-state index in [4.69, 9.17) is 10.2 Å². The second-order valence-corrected chi connectivity index (χ2v) is 5.30. The van der Waals surface area contributed by atoms with Crippen LogP contribution >= 0.6 is 0 Å². The molecule has 106 valence electrons. The van der Waals surface area contributed by atoms with Crippen LogP contribution in [0, 0.1) is 0 Å². The zero-order valence-corrected chi connectivity index (χ0v) is 10.7. The van der Waals surface area contributed by atoms with Crippen molar-refractivity contribution >= 4 is 22.0 Å². The Morgan fingerprint density at radius 3 is 2.33 bits per heavy atom. The number of hydrogen-bond donors (Lipinski definition) is 5. The number of rotatable bonds is 8. The van der Waals surface area contributed by atoms with Crippen LogP contribution in [0.4, 0.5) is 4.79 Å². The van der Waals surface area contributed by atoms with Crippen molar-refractivity contribution in [2.24, 2.45) is 0 Å². The van der Waals surface area contributed by atoms with Crippen molar-refractivity contribution in [3.63, 3.8) is 0 Å². The van der Waals surface area contributed by atoms with Crippen LogP contribution in [0.5, 0.6) is 0 Å². The summed E-state index contributed by atoms with van der Waals surface area (Å²) in [4.78, 5) is 21.9. The first kappa shape index (κ1) is 16.6. The van der Waals surface area contributed by atoms with Crippen LogP contribution in [0.1, 0.15) is 6.42 Å². The van der Waals surface area contributed by atoms with Crippen LogP contribution in [0.15, 0.2) is 0 Å². The number of aliphatic hydroxyl groups excluding tert-OH is 1. The van der Waals surface area contributed by atoms with E-state index in [0.717, 1.165) is 6.26 Å². The summed E-state index contributed by atoms with van der Waals surface area (Å²) in [5.74, 6) is -1.26. The molecule has 18 heavy (non-hydrogen) atoms. The molecule has 0 aromatic heterocycles. The molecule has 0 aliphatic rings. The number of nitrogens with one attached hydrogen (secondary N) is 3. The largest absolute Gasteiger partial charge is 0.480 e. The van der Waals surface area contributed by atoms with Crippen LogP contribution < -0.4 is 15.4 Å². The van der Waals surface area contributed by atoms with Gasteiger partial charge in [-0.3, -0.25) is 0 Å². The highest BCUT2D eigenvalue weighted by Crippen LogP contribution is 1.90. The van der Waals surface area contributed by atoms with Gasteiger partial charge in [-0.2, -0.15) is 0 Å². The molecule has 9 nitrogen and oxygen atoms in total. The van der Waals surface area contributed by atoms with Crippen LogP contribution in [-0.4, -0.2) is 62.6 Å². The first-order chi connectivity index (χ1) is 8.26. The maximum Gasteiger partial charge on any atom is 0.326 e. The van der Waals surface area contributed by atoms with Crippen molar-refractivity contribution in [3.05, 3.63) is 0 Å². The van der Waals surface area contributed by atoms with Crippen LogP contribution in [0.3, 0.4) is 0 Å². The summed E-state index contributed by atoms with van der Waals surface area (Å²) in [6.45, 7) is -0.346. The third kappa shape index (κ3) is 8.73. The van der Waals surface area contributed by atoms with E-state index in [1.807, 2.05) is 0 Å². The molecule has 0 spiro atoms. The molecule has 0 aliphatic heterocycles. The Hall–Kier alpha value is -1.39. The second kappa shape index (κ2) is 7.84. The molecule has 0 bridgehead atoms. The van der Waals surface area contributed by atoms with Gasteiger partial charge >= 0.3 is 12.0 Å². The van der Waals surface area contributed by atoms with Gasteiger partial charge in [-0.1, -0.05) is 0 Å². The van der Waals surface area contributed by atoms with Gasteiger partial charge in [0.2, 0.25) is 10.0 Å². The Bertz CT molecular complexity index is 382. The molecule has 0 fully saturated rings. The molecule has 0 aromatic rings. The molecule has 2 amide bonds. The van der Waals surface area contributed by atoms with Gasteiger partial charge in [0.1, 0.15) is 6.04 Å². The number of sulfonamides is 1. The Balaban J connectivity index is 3.92. The number of amides is 2. The topological polar surface area (TPSA) is 145 Å². The molecule has 10 heteroatoms. The number of carbonyl (C=O) groups is 2. The van der Waals surface area contributed by atoms with Gasteiger partial charge in [-0.05, 0) is 0 Å². The summed E-state index contributed by atoms with van der Waals surface area (Å²) in [5.41, 5.74) is 0. The lowest BCUT2D eigenvalue weighted by Gasteiger charge is -2.13. The lowest BCUT2D eigenvalue weighted by atomic mass is 10.2. The maximum absolute atomic E-state index is 11.2. The predicted molar refractivity (Wildman–Crippen MR) is 62.5 cm³/mol. The number of carbonyl (C=O) groups excluding carboxylic acids is 1. The number of urea groups is 1. The molecule has 0 saturated heterocycles. The van der Waals surface area contributed by atoms with Gasteiger partial charge < -0.3 is 20.8 Å². The van der Waals surface area contributed by atoms with Gasteiger partial charge in [0.15, 0.2) is 0 Å². The Labute approximate surface area is 105 Å². The van der Waals surface area contributed by atoms with Crippen molar-refractivity contribution in [2.45, 2.75) is 12.5 Å². The highest BCUT2D eigenvalue weighted by atomic mass is 32.2. The van der Waals surface area contributed by atoms with Gasteiger partial charge in [0.25, 0.3) is 0 Å². The van der Waals surface area contributed by atoms with Crippen LogP contribution in [0.2, 0.25) is 0 Å². The molecule has 0 rings (SSSR count). The standard InChI is InChI=1S/C8H17N3O6S/c1-18(16,17)10-4-3-9-8(15)11-6(2-5-12)7(13)14/h6,10,12H,2-5H2,1H3,(H,13,14)(H2,9,11,15)/t6-/m0/s1. The average Bonchev–Trinajstić information content (AvgIpc) is 2.22. The predicted octanol–water partition coefficient (Wildman–Crippen LogP) is -2.33. The van der Waals surface area contributed by atoms with Gasteiger partial charge in [-0.15, -0.1) is 0 Å². The third-order valence-electron chi connectivity index (χ3n) is 1.80. The first-order valence-electron chi connectivity index (χ1n) is 5.09. The van der Waals surface area contributed by atoms with E-state index in [1.54, 1.807) is 0 Å². The molecular formula is C8H17N3O6S. The molecule has 1 atom stereocenters. The van der Waals surface area contributed by atoms with Crippen LogP contribution in [-0.2, 0) is 14.8 Å². The zero-order valence-electron chi connectivity index (χ0n) is 9.84. The van der Waals surface area contributed by atoms with E-state index in [-0.39, 0.29) is 26.1 Å². The number of aliphatic hydroxyl groups is 1. The molecule has 0 saturated carbocycles. The Morgan fingerprint density at radius 2 is 1.89 bits per heavy atom. The van der Waals surface area contributed by atoms with Crippen molar-refractivity contribution in [3.8, 4) is 0 Å². The summed E-state index contributed by atoms with van der Waals surface area (Å²) in [6.07, 6.45) is 0.874. The molecule has 0 aliphatic carbocycles. The van der Waals surface area contributed by atoms with Gasteiger partial charge in [0, 0.05) is 26.1 Å². The summed E-state index contributed by atoms with van der Waals surface area (Å²) in [6, 6.07) is -1.93. The normalized spacial score (nSPS) is 12.8. The minimum atomic E-state index is -3.32. The lowest BCUT2D eigenvalue weighted by molar-refractivity contribution is -0.139. The highest BCUT2D eigenvalue weighted by molar-refractivity contribution is 7.88. The molecule has 0 unspecified atom stereocenters. The quantitative estimate of drug-likeness (QED) is 0.316. The highest BCUT2D eigenvalue weighted by Gasteiger charge is 2.18. The SMILES string of the molecule is CS(=O)(=O)NCCNC(=O)N[C@@H](CCO)C(=O)O. The van der Waals surface area contributed by atoms with Crippen molar-refractivity contribution < 1.29 is 28.2 Å². The monoisotopic (exact) mass is 283 g/mol. The maximum atomic E-state index is 11.2. The lowest BCUT2D eigenvalue weighted by Crippen LogP contribution is -2.47. The minimum Gasteiger partial charge on any atom is -0.480 e. The Morgan fingerprint density at radius 1 is 1.28 bits per heavy atom. The average molecular weight is 283 g/mol. The summed E-state index contributed by atoms with van der Waals surface area (Å²) >= 11 is 0. The molecule has 0 heterocycles. The first-order valence-corrected chi connectivity index (χ1v) is 6.98. The molecule has 0 radical (unpaired) electrons. The van der Waals surface area contributed by atoms with E-state index in [2.05, 4.69) is 15.4 Å². The number of carboxylic acids is 1. The zero-order chi connectivity index (χ0) is 14.2. The summed E-state index contributed by atoms with van der Waals surface area (Å²) in [7, 11) is -3.32. The van der Waals surface area contributed by atoms with Crippen molar-refractivity contribution in [2.75, 3.05) is 26.0 Å². The minimum absolute atomic E-state index is 0.00396. The van der Waals surface area contributed by atoms with Crippen molar-refractivity contribution in [1.82, 2.24) is 15.4 Å². The van der Waals surface area contributed by atoms with Crippen molar-refractivity contribution in [1.29, 1.82) is 0 Å². The fourth-order valence-corrected chi connectivity index (χ4v) is 1.48. The fraction of sp³-hybridized carbons (Fsp3) is 0.750. The number of carboxylic acid groups (broad SMARTS) is 1. The number of hydrogen-bond acceptors (Lipinski definition) is 5.